The molecule has 0 radical (unpaired) electrons. The fraction of sp³-hybridized carbons (Fsp3) is 0.524. The van der Waals surface area contributed by atoms with Crippen LogP contribution in [0.4, 0.5) is 19.1 Å². The standard InChI is InChI=1S/C21H23F3N4O3S/c1-10-16(29)8-28(10)20-26-18(14-4-5-21(23,24)19(14)27-20)13-6-11-2-3-12(9-32(25,30)31)17(11)15(22)7-13/h6-7,10,12,16,29H,2-5,8-9H2,1H3,(H2,25,30,31)/t10-,12-,16+/m0/s1. The van der Waals surface area contributed by atoms with E-state index in [-0.39, 0.29) is 42.1 Å². The lowest BCUT2D eigenvalue weighted by Crippen LogP contribution is -2.59. The maximum atomic E-state index is 15.1. The summed E-state index contributed by atoms with van der Waals surface area (Å²) in [5, 5.41) is 15.0. The number of sulfonamides is 1. The molecule has 3 atom stereocenters. The van der Waals surface area contributed by atoms with E-state index >= 15 is 4.39 Å². The van der Waals surface area contributed by atoms with E-state index < -0.39 is 40.2 Å². The van der Waals surface area contributed by atoms with Crippen LogP contribution in [0.15, 0.2) is 12.1 Å². The number of aliphatic hydroxyl groups is 1. The first-order valence-corrected chi connectivity index (χ1v) is 12.2. The van der Waals surface area contributed by atoms with E-state index in [2.05, 4.69) is 9.97 Å². The van der Waals surface area contributed by atoms with Crippen LogP contribution in [-0.2, 0) is 28.8 Å². The monoisotopic (exact) mass is 468 g/mol. The van der Waals surface area contributed by atoms with Crippen molar-refractivity contribution in [2.75, 3.05) is 17.2 Å². The van der Waals surface area contributed by atoms with Crippen LogP contribution >= 0.6 is 0 Å². The number of hydrogen-bond donors (Lipinski definition) is 2. The van der Waals surface area contributed by atoms with Crippen molar-refractivity contribution in [2.24, 2.45) is 5.14 Å². The number of primary sulfonamides is 1. The van der Waals surface area contributed by atoms with E-state index in [4.69, 9.17) is 5.14 Å². The van der Waals surface area contributed by atoms with Gasteiger partial charge in [0.2, 0.25) is 16.0 Å². The van der Waals surface area contributed by atoms with Crippen LogP contribution in [0, 0.1) is 5.82 Å². The molecule has 0 bridgehead atoms. The number of aromatic nitrogens is 2. The molecule has 3 N–H and O–H groups in total. The number of fused-ring (bicyclic) bond motifs is 2. The first-order valence-electron chi connectivity index (χ1n) is 10.5. The van der Waals surface area contributed by atoms with Crippen molar-refractivity contribution in [3.8, 4) is 11.3 Å². The SMILES string of the molecule is C[C@H]1[C@H](O)CN1c1nc(-c2cc(F)c3c(c2)CC[C@H]3CS(N)(=O)=O)c2c(n1)C(F)(F)CC2. The Kier molecular flexibility index (Phi) is 4.81. The summed E-state index contributed by atoms with van der Waals surface area (Å²) in [4.78, 5) is 10.3. The van der Waals surface area contributed by atoms with Gasteiger partial charge in [-0.2, -0.15) is 8.78 Å². The number of anilines is 1. The highest BCUT2D eigenvalue weighted by Crippen LogP contribution is 2.46. The molecule has 2 aromatic rings. The average Bonchev–Trinajstić information content (AvgIpc) is 3.24. The molecule has 32 heavy (non-hydrogen) atoms. The van der Waals surface area contributed by atoms with E-state index in [1.165, 1.54) is 6.07 Å². The second-order valence-corrected chi connectivity index (χ2v) is 10.6. The Balaban J connectivity index is 1.61. The first-order chi connectivity index (χ1) is 14.9. The zero-order chi connectivity index (χ0) is 23.0. The van der Waals surface area contributed by atoms with Gasteiger partial charge in [-0.05, 0) is 49.4 Å². The second-order valence-electron chi connectivity index (χ2n) is 8.96. The zero-order valence-corrected chi connectivity index (χ0v) is 18.2. The van der Waals surface area contributed by atoms with Gasteiger partial charge >= 0.3 is 0 Å². The number of nitrogens with zero attached hydrogens (tertiary/aromatic N) is 3. The lowest BCUT2D eigenvalue weighted by atomic mass is 9.97. The van der Waals surface area contributed by atoms with E-state index in [0.29, 0.717) is 35.1 Å². The van der Waals surface area contributed by atoms with Crippen LogP contribution in [0.3, 0.4) is 0 Å². The van der Waals surface area contributed by atoms with Crippen LogP contribution in [0.1, 0.15) is 48.1 Å². The third-order valence-corrected chi connectivity index (χ3v) is 7.68. The molecule has 1 aromatic carbocycles. The van der Waals surface area contributed by atoms with Gasteiger partial charge in [-0.25, -0.2) is 27.9 Å². The summed E-state index contributed by atoms with van der Waals surface area (Å²) in [6, 6.07) is 2.63. The highest BCUT2D eigenvalue weighted by atomic mass is 32.2. The van der Waals surface area contributed by atoms with Gasteiger partial charge in [-0.15, -0.1) is 0 Å². The number of halogens is 3. The number of alkyl halides is 2. The molecule has 5 rings (SSSR count). The summed E-state index contributed by atoms with van der Waals surface area (Å²) < 4.78 is 67.3. The van der Waals surface area contributed by atoms with Crippen LogP contribution in [0.5, 0.6) is 0 Å². The molecule has 1 saturated heterocycles. The number of rotatable bonds is 4. The van der Waals surface area contributed by atoms with Crippen molar-refractivity contribution in [3.05, 3.63) is 40.3 Å². The van der Waals surface area contributed by atoms with E-state index in [1.54, 1.807) is 17.9 Å². The summed E-state index contributed by atoms with van der Waals surface area (Å²) in [5.41, 5.74) is 1.53. The summed E-state index contributed by atoms with van der Waals surface area (Å²) >= 11 is 0. The van der Waals surface area contributed by atoms with Crippen LogP contribution in [-0.4, -0.2) is 47.9 Å². The summed E-state index contributed by atoms with van der Waals surface area (Å²) in [6.07, 6.45) is -0.00540. The van der Waals surface area contributed by atoms with Crippen molar-refractivity contribution in [1.82, 2.24) is 9.97 Å². The van der Waals surface area contributed by atoms with Gasteiger partial charge in [0.1, 0.15) is 11.5 Å². The third kappa shape index (κ3) is 3.46. The molecule has 0 spiro atoms. The third-order valence-electron chi connectivity index (χ3n) is 6.81. The lowest BCUT2D eigenvalue weighted by Gasteiger charge is -2.43. The van der Waals surface area contributed by atoms with Crippen molar-refractivity contribution in [2.45, 2.75) is 56.6 Å². The molecular weight excluding hydrogens is 445 g/mol. The minimum Gasteiger partial charge on any atom is -0.389 e. The number of β-amino-alcohol motifs (C(OH)–C–C–N with tert-alkyl or cyclic N) is 1. The maximum Gasteiger partial charge on any atom is 0.290 e. The molecular formula is C21H23F3N4O3S. The molecule has 3 aliphatic rings. The summed E-state index contributed by atoms with van der Waals surface area (Å²) in [7, 11) is -3.77. The molecule has 1 fully saturated rings. The Labute approximate surface area is 183 Å². The molecule has 0 amide bonds. The Hall–Kier alpha value is -2.24. The number of aryl methyl sites for hydroxylation is 1. The van der Waals surface area contributed by atoms with Gasteiger partial charge in [0.05, 0.1) is 23.6 Å². The van der Waals surface area contributed by atoms with Gasteiger partial charge in [-0.3, -0.25) is 0 Å². The van der Waals surface area contributed by atoms with Crippen molar-refractivity contribution >= 4 is 16.0 Å². The summed E-state index contributed by atoms with van der Waals surface area (Å²) in [6.45, 7) is 1.99. The number of benzene rings is 1. The van der Waals surface area contributed by atoms with Crippen molar-refractivity contribution < 1.29 is 26.7 Å². The molecule has 0 unspecified atom stereocenters. The Morgan fingerprint density at radius 3 is 2.69 bits per heavy atom. The highest BCUT2D eigenvalue weighted by molar-refractivity contribution is 7.89. The number of aliphatic hydroxyl groups excluding tert-OH is 1. The van der Waals surface area contributed by atoms with E-state index in [9.17, 15) is 22.3 Å². The van der Waals surface area contributed by atoms with Crippen LogP contribution < -0.4 is 10.0 Å². The fourth-order valence-electron chi connectivity index (χ4n) is 5.03. The minimum absolute atomic E-state index is 0.0723. The van der Waals surface area contributed by atoms with E-state index in [1.807, 2.05) is 0 Å². The number of nitrogens with two attached hydrogens (primary N) is 1. The quantitative estimate of drug-likeness (QED) is 0.712. The Bertz CT molecular complexity index is 1220. The van der Waals surface area contributed by atoms with Crippen LogP contribution in [0.2, 0.25) is 0 Å². The largest absolute Gasteiger partial charge is 0.389 e. The van der Waals surface area contributed by atoms with Gasteiger partial charge in [0, 0.05) is 30.0 Å². The van der Waals surface area contributed by atoms with Crippen molar-refractivity contribution in [1.29, 1.82) is 0 Å². The molecule has 2 heterocycles. The maximum absolute atomic E-state index is 15.1. The molecule has 1 aromatic heterocycles. The molecule has 2 aliphatic carbocycles. The Morgan fingerprint density at radius 1 is 1.28 bits per heavy atom. The summed E-state index contributed by atoms with van der Waals surface area (Å²) in [5.74, 6) is -4.48. The smallest absolute Gasteiger partial charge is 0.290 e. The lowest BCUT2D eigenvalue weighted by molar-refractivity contribution is -0.00603. The number of hydrogen-bond acceptors (Lipinski definition) is 6. The fourth-order valence-corrected chi connectivity index (χ4v) is 5.92. The van der Waals surface area contributed by atoms with Gasteiger partial charge in [-0.1, -0.05) is 0 Å². The Morgan fingerprint density at radius 2 is 2.03 bits per heavy atom. The normalized spacial score (nSPS) is 26.1. The molecule has 0 saturated carbocycles. The molecule has 7 nitrogen and oxygen atoms in total. The highest BCUT2D eigenvalue weighted by Gasteiger charge is 2.45. The first kappa shape index (κ1) is 21.6. The predicted molar refractivity (Wildman–Crippen MR) is 111 cm³/mol. The topological polar surface area (TPSA) is 109 Å². The van der Waals surface area contributed by atoms with E-state index in [0.717, 1.165) is 0 Å². The van der Waals surface area contributed by atoms with Gasteiger partial charge < -0.3 is 10.0 Å². The zero-order valence-electron chi connectivity index (χ0n) is 17.4. The van der Waals surface area contributed by atoms with Crippen LogP contribution in [0.25, 0.3) is 11.3 Å². The molecule has 1 aliphatic heterocycles. The average molecular weight is 469 g/mol. The molecule has 11 heteroatoms. The predicted octanol–water partition coefficient (Wildman–Crippen LogP) is 2.21. The van der Waals surface area contributed by atoms with Crippen molar-refractivity contribution in [3.63, 3.8) is 0 Å². The second kappa shape index (κ2) is 7.13. The van der Waals surface area contributed by atoms with Gasteiger partial charge in [0.15, 0.2) is 0 Å². The minimum atomic E-state index is -3.77. The van der Waals surface area contributed by atoms with Gasteiger partial charge in [0.25, 0.3) is 5.92 Å². The molecule has 172 valence electrons.